The molecule has 3 heteroatoms. The van der Waals surface area contributed by atoms with Gasteiger partial charge in [0.05, 0.1) is 12.7 Å². The fraction of sp³-hybridized carbons (Fsp3) is 0.480. The first-order valence-corrected chi connectivity index (χ1v) is 10.3. The fourth-order valence-corrected chi connectivity index (χ4v) is 3.46. The Labute approximate surface area is 170 Å². The Kier molecular flexibility index (Phi) is 5.56. The van der Waals surface area contributed by atoms with Crippen LogP contribution in [-0.4, -0.2) is 24.6 Å². The van der Waals surface area contributed by atoms with Gasteiger partial charge in [0.1, 0.15) is 11.5 Å². The number of fused-ring (bicyclic) bond motifs is 1. The van der Waals surface area contributed by atoms with Gasteiger partial charge >= 0.3 is 0 Å². The summed E-state index contributed by atoms with van der Waals surface area (Å²) in [5.41, 5.74) is 5.15. The van der Waals surface area contributed by atoms with Crippen LogP contribution in [0.25, 0.3) is 0 Å². The van der Waals surface area contributed by atoms with Gasteiger partial charge in [-0.05, 0) is 47.4 Å². The van der Waals surface area contributed by atoms with E-state index in [0.717, 1.165) is 35.6 Å². The van der Waals surface area contributed by atoms with Crippen LogP contribution in [0, 0.1) is 0 Å². The van der Waals surface area contributed by atoms with Crippen LogP contribution >= 0.6 is 0 Å². The van der Waals surface area contributed by atoms with E-state index >= 15 is 0 Å². The third-order valence-electron chi connectivity index (χ3n) is 6.44. The molecule has 28 heavy (non-hydrogen) atoms. The van der Waals surface area contributed by atoms with Crippen molar-refractivity contribution in [1.82, 2.24) is 0 Å². The van der Waals surface area contributed by atoms with Crippen LogP contribution in [0.1, 0.15) is 71.1 Å². The summed E-state index contributed by atoms with van der Waals surface area (Å²) in [6.07, 6.45) is 4.40. The summed E-state index contributed by atoms with van der Waals surface area (Å²) in [7, 11) is 1.69. The first-order chi connectivity index (χ1) is 13.2. The minimum absolute atomic E-state index is 0.0695. The summed E-state index contributed by atoms with van der Waals surface area (Å²) in [6, 6.07) is 12.8. The highest BCUT2D eigenvalue weighted by Crippen LogP contribution is 2.41. The Balaban J connectivity index is 2.14. The smallest absolute Gasteiger partial charge is 0.292 e. The van der Waals surface area contributed by atoms with Crippen LogP contribution < -0.4 is 9.47 Å². The van der Waals surface area contributed by atoms with Crippen molar-refractivity contribution in [3.63, 3.8) is 0 Å². The number of methoxy groups -OCH3 is 1. The molecule has 0 fully saturated rings. The first kappa shape index (κ1) is 20.4. The van der Waals surface area contributed by atoms with Crippen molar-refractivity contribution in [3.05, 3.63) is 53.1 Å². The minimum Gasteiger partial charge on any atom is -0.497 e. The second-order valence-corrected chi connectivity index (χ2v) is 8.99. The van der Waals surface area contributed by atoms with Gasteiger partial charge in [-0.3, -0.25) is 0 Å². The minimum atomic E-state index is 0.0695. The molecule has 0 saturated carbocycles. The lowest BCUT2D eigenvalue weighted by Gasteiger charge is -2.32. The SMILES string of the molecule is CCC(C)(C)c1cc2c(c(C(C)(C)CC)c1)OC[N+](c1ccc(OC)cc1)=C2. The molecule has 1 aliphatic heterocycles. The molecule has 0 bridgehead atoms. The van der Waals surface area contributed by atoms with E-state index in [1.807, 2.05) is 12.1 Å². The summed E-state index contributed by atoms with van der Waals surface area (Å²) in [6.45, 7) is 14.3. The Morgan fingerprint density at radius 3 is 2.18 bits per heavy atom. The molecule has 3 nitrogen and oxygen atoms in total. The van der Waals surface area contributed by atoms with Gasteiger partial charge in [-0.2, -0.15) is 4.58 Å². The van der Waals surface area contributed by atoms with Crippen LogP contribution in [0.5, 0.6) is 11.5 Å². The van der Waals surface area contributed by atoms with Crippen molar-refractivity contribution in [3.8, 4) is 11.5 Å². The summed E-state index contributed by atoms with van der Waals surface area (Å²) in [5, 5.41) is 0. The highest BCUT2D eigenvalue weighted by Gasteiger charge is 2.32. The molecule has 0 atom stereocenters. The van der Waals surface area contributed by atoms with Crippen LogP contribution in [0.3, 0.4) is 0 Å². The Hall–Kier alpha value is -2.29. The van der Waals surface area contributed by atoms with Crippen molar-refractivity contribution < 1.29 is 14.0 Å². The Morgan fingerprint density at radius 2 is 1.61 bits per heavy atom. The van der Waals surface area contributed by atoms with Crippen molar-refractivity contribution >= 4 is 11.9 Å². The van der Waals surface area contributed by atoms with E-state index in [0.29, 0.717) is 6.73 Å². The molecule has 1 aliphatic rings. The molecular formula is C25H34NO2+. The van der Waals surface area contributed by atoms with Gasteiger partial charge in [0.15, 0.2) is 6.21 Å². The van der Waals surface area contributed by atoms with Gasteiger partial charge in [-0.25, -0.2) is 0 Å². The summed E-state index contributed by atoms with van der Waals surface area (Å²) in [5.74, 6) is 1.90. The maximum Gasteiger partial charge on any atom is 0.292 e. The number of benzene rings is 2. The van der Waals surface area contributed by atoms with Gasteiger partial charge in [-0.1, -0.05) is 47.6 Å². The van der Waals surface area contributed by atoms with E-state index < -0.39 is 0 Å². The normalized spacial score (nSPS) is 14.2. The van der Waals surface area contributed by atoms with Crippen LogP contribution in [0.15, 0.2) is 36.4 Å². The third-order valence-corrected chi connectivity index (χ3v) is 6.44. The highest BCUT2D eigenvalue weighted by molar-refractivity contribution is 5.83. The largest absolute Gasteiger partial charge is 0.497 e. The summed E-state index contributed by atoms with van der Waals surface area (Å²) in [4.78, 5) is 0. The first-order valence-electron chi connectivity index (χ1n) is 10.3. The lowest BCUT2D eigenvalue weighted by Crippen LogP contribution is -2.27. The van der Waals surface area contributed by atoms with E-state index in [1.165, 1.54) is 11.1 Å². The third kappa shape index (κ3) is 3.80. The zero-order chi connectivity index (χ0) is 20.5. The Bertz CT molecular complexity index is 876. The van der Waals surface area contributed by atoms with E-state index in [9.17, 15) is 0 Å². The molecule has 0 N–H and O–H groups in total. The van der Waals surface area contributed by atoms with Crippen LogP contribution in [0.2, 0.25) is 0 Å². The van der Waals surface area contributed by atoms with Crippen molar-refractivity contribution in [2.45, 2.75) is 65.2 Å². The molecule has 0 unspecified atom stereocenters. The second-order valence-electron chi connectivity index (χ2n) is 8.99. The number of rotatable bonds is 6. The van der Waals surface area contributed by atoms with Crippen molar-refractivity contribution in [2.75, 3.05) is 13.8 Å². The molecular weight excluding hydrogens is 346 g/mol. The van der Waals surface area contributed by atoms with E-state index in [1.54, 1.807) is 7.11 Å². The molecule has 1 heterocycles. The zero-order valence-corrected chi connectivity index (χ0v) is 18.4. The maximum absolute atomic E-state index is 6.33. The fourth-order valence-electron chi connectivity index (χ4n) is 3.46. The van der Waals surface area contributed by atoms with Gasteiger partial charge in [-0.15, -0.1) is 0 Å². The van der Waals surface area contributed by atoms with Gasteiger partial charge in [0, 0.05) is 17.7 Å². The molecule has 150 valence electrons. The topological polar surface area (TPSA) is 21.5 Å². The van der Waals surface area contributed by atoms with Crippen LogP contribution in [-0.2, 0) is 10.8 Å². The van der Waals surface area contributed by atoms with Crippen molar-refractivity contribution in [1.29, 1.82) is 0 Å². The average Bonchev–Trinajstić information content (AvgIpc) is 2.72. The number of ether oxygens (including phenoxy) is 2. The number of hydrogen-bond donors (Lipinski definition) is 0. The number of hydrogen-bond acceptors (Lipinski definition) is 2. The van der Waals surface area contributed by atoms with Gasteiger partial charge < -0.3 is 9.47 Å². The van der Waals surface area contributed by atoms with Gasteiger partial charge in [0.25, 0.3) is 6.73 Å². The molecule has 0 aromatic heterocycles. The number of nitrogens with zero attached hydrogens (tertiary/aromatic N) is 1. The Morgan fingerprint density at radius 1 is 0.964 bits per heavy atom. The molecule has 0 amide bonds. The summed E-state index contributed by atoms with van der Waals surface area (Å²) < 4.78 is 13.8. The lowest BCUT2D eigenvalue weighted by atomic mass is 9.75. The van der Waals surface area contributed by atoms with Crippen molar-refractivity contribution in [2.24, 2.45) is 0 Å². The second kappa shape index (κ2) is 7.62. The van der Waals surface area contributed by atoms with Crippen LogP contribution in [0.4, 0.5) is 5.69 Å². The summed E-state index contributed by atoms with van der Waals surface area (Å²) >= 11 is 0. The molecule has 2 aromatic carbocycles. The zero-order valence-electron chi connectivity index (χ0n) is 18.4. The average molecular weight is 381 g/mol. The highest BCUT2D eigenvalue weighted by atomic mass is 16.5. The molecule has 0 radical (unpaired) electrons. The monoisotopic (exact) mass is 380 g/mol. The van der Waals surface area contributed by atoms with E-state index in [2.05, 4.69) is 76.6 Å². The van der Waals surface area contributed by atoms with Gasteiger partial charge in [0.2, 0.25) is 5.69 Å². The molecule has 0 saturated heterocycles. The molecule has 3 rings (SSSR count). The predicted octanol–water partition coefficient (Wildman–Crippen LogP) is 6.18. The lowest BCUT2D eigenvalue weighted by molar-refractivity contribution is -0.476. The molecule has 0 aliphatic carbocycles. The maximum atomic E-state index is 6.33. The van der Waals surface area contributed by atoms with E-state index in [4.69, 9.17) is 9.47 Å². The molecule has 0 spiro atoms. The van der Waals surface area contributed by atoms with E-state index in [-0.39, 0.29) is 10.8 Å². The quantitative estimate of drug-likeness (QED) is 0.558. The molecule has 2 aromatic rings. The standard InChI is InChI=1S/C25H34NO2/c1-8-24(3,4)19-14-18-16-26(20-10-12-21(27-7)13-11-20)17-28-23(18)22(15-19)25(5,6)9-2/h10-16H,8-9,17H2,1-7H3/q+1. The predicted molar refractivity (Wildman–Crippen MR) is 117 cm³/mol.